The minimum absolute atomic E-state index is 0.0162. The molecule has 6 heteroatoms. The third-order valence-corrected chi connectivity index (χ3v) is 4.46. The van der Waals surface area contributed by atoms with Crippen molar-refractivity contribution in [2.45, 2.75) is 31.5 Å². The molecule has 0 bridgehead atoms. The number of aliphatic hydroxyl groups excluding tert-OH is 1. The van der Waals surface area contributed by atoms with Crippen LogP contribution in [-0.2, 0) is 16.1 Å². The molecule has 22 heavy (non-hydrogen) atoms. The summed E-state index contributed by atoms with van der Waals surface area (Å²) in [6, 6.07) is 7.55. The Bertz CT molecular complexity index is 498. The number of methoxy groups -OCH3 is 1. The van der Waals surface area contributed by atoms with E-state index in [1.807, 2.05) is 24.3 Å². The van der Waals surface area contributed by atoms with Crippen molar-refractivity contribution >= 4 is 17.5 Å². The van der Waals surface area contributed by atoms with E-state index in [1.54, 1.807) is 7.11 Å². The molecule has 122 valence electrons. The Labute approximate surface area is 136 Å². The van der Waals surface area contributed by atoms with Crippen LogP contribution in [0.25, 0.3) is 0 Å². The number of halogens is 1. The summed E-state index contributed by atoms with van der Waals surface area (Å²) >= 11 is 6.06. The van der Waals surface area contributed by atoms with Crippen LogP contribution in [0, 0.1) is 0 Å². The quantitative estimate of drug-likeness (QED) is 0.795. The van der Waals surface area contributed by atoms with E-state index in [4.69, 9.17) is 16.3 Å². The zero-order chi connectivity index (χ0) is 15.9. The maximum absolute atomic E-state index is 12.0. The van der Waals surface area contributed by atoms with E-state index < -0.39 is 0 Å². The molecule has 0 aliphatic carbocycles. The molecule has 5 nitrogen and oxygen atoms in total. The van der Waals surface area contributed by atoms with Crippen molar-refractivity contribution in [1.29, 1.82) is 0 Å². The number of nitrogens with one attached hydrogen (secondary N) is 1. The van der Waals surface area contributed by atoms with Gasteiger partial charge in [-0.05, 0) is 18.1 Å². The standard InChI is InChI=1S/C16H23ClN2O3/c1-22-14-8-13(11-20)19(10-14)7-6-16(21)18-9-12-4-2-3-5-15(12)17/h2-5,13-14,20H,6-11H2,1H3,(H,18,21)/t13-,14-/m0/s1. The largest absolute Gasteiger partial charge is 0.395 e. The number of hydrogen-bond donors (Lipinski definition) is 2. The van der Waals surface area contributed by atoms with Crippen LogP contribution in [0.1, 0.15) is 18.4 Å². The number of carbonyl (C=O) groups excluding carboxylic acids is 1. The summed E-state index contributed by atoms with van der Waals surface area (Å²) in [6.07, 6.45) is 1.36. The van der Waals surface area contributed by atoms with Gasteiger partial charge >= 0.3 is 0 Å². The Morgan fingerprint density at radius 2 is 2.27 bits per heavy atom. The molecule has 1 aliphatic rings. The predicted molar refractivity (Wildman–Crippen MR) is 85.8 cm³/mol. The Morgan fingerprint density at radius 3 is 2.95 bits per heavy atom. The van der Waals surface area contributed by atoms with Gasteiger partial charge in [-0.3, -0.25) is 9.69 Å². The zero-order valence-corrected chi connectivity index (χ0v) is 13.6. The van der Waals surface area contributed by atoms with Crippen LogP contribution >= 0.6 is 11.6 Å². The number of benzene rings is 1. The first-order valence-corrected chi connectivity index (χ1v) is 7.89. The molecule has 0 spiro atoms. The van der Waals surface area contributed by atoms with E-state index in [-0.39, 0.29) is 24.7 Å². The fourth-order valence-electron chi connectivity index (χ4n) is 2.74. The van der Waals surface area contributed by atoms with Gasteiger partial charge in [0.15, 0.2) is 0 Å². The smallest absolute Gasteiger partial charge is 0.221 e. The lowest BCUT2D eigenvalue weighted by Crippen LogP contribution is -2.36. The van der Waals surface area contributed by atoms with Gasteiger partial charge in [0, 0.05) is 44.2 Å². The number of ether oxygens (including phenoxy) is 1. The van der Waals surface area contributed by atoms with Gasteiger partial charge < -0.3 is 15.2 Å². The zero-order valence-electron chi connectivity index (χ0n) is 12.8. The minimum atomic E-state index is -0.0162. The lowest BCUT2D eigenvalue weighted by molar-refractivity contribution is -0.121. The number of rotatable bonds is 7. The highest BCUT2D eigenvalue weighted by Gasteiger charge is 2.31. The van der Waals surface area contributed by atoms with Crippen LogP contribution in [0.5, 0.6) is 0 Å². The molecule has 1 aromatic carbocycles. The number of amides is 1. The fraction of sp³-hybridized carbons (Fsp3) is 0.562. The second-order valence-corrected chi connectivity index (χ2v) is 5.95. The first-order valence-electron chi connectivity index (χ1n) is 7.51. The lowest BCUT2D eigenvalue weighted by atomic mass is 10.2. The Hall–Kier alpha value is -1.14. The molecule has 0 unspecified atom stereocenters. The average Bonchev–Trinajstić information content (AvgIpc) is 2.94. The van der Waals surface area contributed by atoms with Crippen LogP contribution in [0.2, 0.25) is 5.02 Å². The van der Waals surface area contributed by atoms with Crippen molar-refractivity contribution in [3.63, 3.8) is 0 Å². The maximum atomic E-state index is 12.0. The summed E-state index contributed by atoms with van der Waals surface area (Å²) in [5, 5.41) is 12.9. The number of aliphatic hydroxyl groups is 1. The molecule has 0 aromatic heterocycles. The SMILES string of the molecule is CO[C@H]1C[C@@H](CO)N(CCC(=O)NCc2ccccc2Cl)C1. The van der Waals surface area contributed by atoms with Gasteiger partial charge in [-0.25, -0.2) is 0 Å². The molecule has 2 rings (SSSR count). The molecule has 1 fully saturated rings. The number of likely N-dealkylation sites (tertiary alicyclic amines) is 1. The highest BCUT2D eigenvalue weighted by molar-refractivity contribution is 6.31. The second-order valence-electron chi connectivity index (χ2n) is 5.54. The van der Waals surface area contributed by atoms with Gasteiger partial charge in [0.05, 0.1) is 12.7 Å². The predicted octanol–water partition coefficient (Wildman–Crippen LogP) is 1.43. The Morgan fingerprint density at radius 1 is 1.50 bits per heavy atom. The van der Waals surface area contributed by atoms with Crippen LogP contribution < -0.4 is 5.32 Å². The van der Waals surface area contributed by atoms with Crippen molar-refractivity contribution in [2.75, 3.05) is 26.8 Å². The highest BCUT2D eigenvalue weighted by Crippen LogP contribution is 2.19. The van der Waals surface area contributed by atoms with Gasteiger partial charge in [-0.15, -0.1) is 0 Å². The minimum Gasteiger partial charge on any atom is -0.395 e. The summed E-state index contributed by atoms with van der Waals surface area (Å²) in [5.41, 5.74) is 0.909. The molecule has 1 heterocycles. The number of nitrogens with zero attached hydrogens (tertiary/aromatic N) is 1. The average molecular weight is 327 g/mol. The third kappa shape index (κ3) is 4.68. The van der Waals surface area contributed by atoms with Crippen LogP contribution in [0.3, 0.4) is 0 Å². The molecular weight excluding hydrogens is 304 g/mol. The van der Waals surface area contributed by atoms with E-state index in [0.29, 0.717) is 24.5 Å². The van der Waals surface area contributed by atoms with Gasteiger partial charge in [-0.2, -0.15) is 0 Å². The lowest BCUT2D eigenvalue weighted by Gasteiger charge is -2.21. The fourth-order valence-corrected chi connectivity index (χ4v) is 2.94. The van der Waals surface area contributed by atoms with Gasteiger partial charge in [-0.1, -0.05) is 29.8 Å². The molecular formula is C16H23ClN2O3. The number of carbonyl (C=O) groups is 1. The third-order valence-electron chi connectivity index (χ3n) is 4.09. The molecule has 0 saturated carbocycles. The normalized spacial score (nSPS) is 22.0. The molecule has 2 N–H and O–H groups in total. The molecule has 2 atom stereocenters. The maximum Gasteiger partial charge on any atom is 0.221 e. The summed E-state index contributed by atoms with van der Waals surface area (Å²) in [5.74, 6) is -0.0162. The second kappa shape index (κ2) is 8.48. The van der Waals surface area contributed by atoms with Crippen molar-refractivity contribution in [3.05, 3.63) is 34.9 Å². The Kier molecular flexibility index (Phi) is 6.64. The number of hydrogen-bond acceptors (Lipinski definition) is 4. The van der Waals surface area contributed by atoms with E-state index in [2.05, 4.69) is 10.2 Å². The van der Waals surface area contributed by atoms with Crippen molar-refractivity contribution < 1.29 is 14.6 Å². The molecule has 1 saturated heterocycles. The first kappa shape index (κ1) is 17.2. The van der Waals surface area contributed by atoms with Crippen LogP contribution in [0.15, 0.2) is 24.3 Å². The summed E-state index contributed by atoms with van der Waals surface area (Å²) in [7, 11) is 1.68. The summed E-state index contributed by atoms with van der Waals surface area (Å²) in [4.78, 5) is 14.1. The summed E-state index contributed by atoms with van der Waals surface area (Å²) in [6.45, 7) is 1.92. The van der Waals surface area contributed by atoms with Gasteiger partial charge in [0.1, 0.15) is 0 Å². The topological polar surface area (TPSA) is 61.8 Å². The highest BCUT2D eigenvalue weighted by atomic mass is 35.5. The molecule has 1 aliphatic heterocycles. The van der Waals surface area contributed by atoms with Crippen molar-refractivity contribution in [2.24, 2.45) is 0 Å². The van der Waals surface area contributed by atoms with E-state index in [9.17, 15) is 9.90 Å². The van der Waals surface area contributed by atoms with E-state index in [1.165, 1.54) is 0 Å². The monoisotopic (exact) mass is 326 g/mol. The van der Waals surface area contributed by atoms with Gasteiger partial charge in [0.2, 0.25) is 5.91 Å². The first-order chi connectivity index (χ1) is 10.6. The van der Waals surface area contributed by atoms with E-state index in [0.717, 1.165) is 18.5 Å². The molecule has 0 radical (unpaired) electrons. The van der Waals surface area contributed by atoms with Crippen LogP contribution in [0.4, 0.5) is 0 Å². The van der Waals surface area contributed by atoms with Crippen molar-refractivity contribution in [3.8, 4) is 0 Å². The van der Waals surface area contributed by atoms with Crippen LogP contribution in [-0.4, -0.2) is 54.9 Å². The molecule has 1 amide bonds. The van der Waals surface area contributed by atoms with Crippen molar-refractivity contribution in [1.82, 2.24) is 10.2 Å². The van der Waals surface area contributed by atoms with Gasteiger partial charge in [0.25, 0.3) is 0 Å². The Balaban J connectivity index is 1.75. The summed E-state index contributed by atoms with van der Waals surface area (Å²) < 4.78 is 5.33. The molecule has 1 aromatic rings. The van der Waals surface area contributed by atoms with E-state index >= 15 is 0 Å².